The fraction of sp³-hybridized carbons (Fsp3) is 0.250. The van der Waals surface area contributed by atoms with Crippen molar-refractivity contribution in [3.05, 3.63) is 48.5 Å². The van der Waals surface area contributed by atoms with Gasteiger partial charge in [0, 0.05) is 16.6 Å². The second-order valence-corrected chi connectivity index (χ2v) is 7.22. The number of ether oxygens (including phenoxy) is 2. The molecule has 1 atom stereocenters. The predicted molar refractivity (Wildman–Crippen MR) is 107 cm³/mol. The van der Waals surface area contributed by atoms with Gasteiger partial charge in [-0.15, -0.1) is 11.8 Å². The average molecular weight is 400 g/mol. The standard InChI is InChI=1S/C20H20N2O5S/c1-3-26-19(25)20(2)18(24)22-15-10-9-13(11-16(15)27-20)21-17(23)12-28-14-7-5-4-6-8-14/h4-11H,3,12H2,1-2H3,(H,21,23)(H,22,24)/t20-/m0/s1. The molecular weight excluding hydrogens is 380 g/mol. The van der Waals surface area contributed by atoms with E-state index in [1.165, 1.54) is 18.7 Å². The number of rotatable bonds is 6. The topological polar surface area (TPSA) is 93.7 Å². The Bertz CT molecular complexity index is 903. The van der Waals surface area contributed by atoms with Gasteiger partial charge in [-0.25, -0.2) is 4.79 Å². The molecule has 0 spiro atoms. The Morgan fingerprint density at radius 3 is 2.68 bits per heavy atom. The van der Waals surface area contributed by atoms with E-state index in [4.69, 9.17) is 9.47 Å². The van der Waals surface area contributed by atoms with Crippen LogP contribution >= 0.6 is 11.8 Å². The molecule has 1 heterocycles. The molecule has 0 aromatic heterocycles. The maximum absolute atomic E-state index is 12.3. The Morgan fingerprint density at radius 2 is 1.96 bits per heavy atom. The van der Waals surface area contributed by atoms with Gasteiger partial charge in [-0.1, -0.05) is 18.2 Å². The van der Waals surface area contributed by atoms with Crippen LogP contribution in [0.25, 0.3) is 0 Å². The van der Waals surface area contributed by atoms with Crippen molar-refractivity contribution in [2.75, 3.05) is 23.0 Å². The lowest BCUT2D eigenvalue weighted by molar-refractivity contribution is -0.165. The van der Waals surface area contributed by atoms with Crippen molar-refractivity contribution in [3.63, 3.8) is 0 Å². The Labute approximate surface area is 166 Å². The minimum absolute atomic E-state index is 0.132. The summed E-state index contributed by atoms with van der Waals surface area (Å²) in [5.41, 5.74) is -0.863. The molecule has 1 aliphatic rings. The number of amides is 2. The molecule has 0 saturated heterocycles. The molecule has 0 radical (unpaired) electrons. The monoisotopic (exact) mass is 400 g/mol. The molecule has 3 rings (SSSR count). The van der Waals surface area contributed by atoms with Crippen molar-refractivity contribution in [1.29, 1.82) is 0 Å². The van der Waals surface area contributed by atoms with Crippen molar-refractivity contribution in [2.24, 2.45) is 0 Å². The van der Waals surface area contributed by atoms with Gasteiger partial charge in [0.1, 0.15) is 5.75 Å². The average Bonchev–Trinajstić information content (AvgIpc) is 2.68. The van der Waals surface area contributed by atoms with Crippen LogP contribution in [-0.2, 0) is 19.1 Å². The molecule has 0 fully saturated rings. The Morgan fingerprint density at radius 1 is 1.21 bits per heavy atom. The van der Waals surface area contributed by atoms with Crippen LogP contribution in [0.5, 0.6) is 5.75 Å². The number of fused-ring (bicyclic) bond motifs is 1. The Kier molecular flexibility index (Phi) is 5.89. The number of benzene rings is 2. The van der Waals surface area contributed by atoms with Gasteiger partial charge >= 0.3 is 5.97 Å². The van der Waals surface area contributed by atoms with Gasteiger partial charge in [0.25, 0.3) is 11.5 Å². The van der Waals surface area contributed by atoms with Gasteiger partial charge in [-0.2, -0.15) is 0 Å². The van der Waals surface area contributed by atoms with Gasteiger partial charge in [-0.05, 0) is 38.1 Å². The number of carbonyl (C=O) groups is 3. The molecule has 2 aromatic carbocycles. The molecule has 8 heteroatoms. The number of carbonyl (C=O) groups excluding carboxylic acids is 3. The van der Waals surface area contributed by atoms with Crippen molar-refractivity contribution < 1.29 is 23.9 Å². The van der Waals surface area contributed by atoms with E-state index in [2.05, 4.69) is 10.6 Å². The van der Waals surface area contributed by atoms with Gasteiger partial charge in [0.05, 0.1) is 18.0 Å². The number of hydrogen-bond donors (Lipinski definition) is 2. The molecule has 7 nitrogen and oxygen atoms in total. The Hall–Kier alpha value is -3.00. The fourth-order valence-electron chi connectivity index (χ4n) is 2.56. The molecule has 0 unspecified atom stereocenters. The zero-order valence-electron chi connectivity index (χ0n) is 15.5. The maximum atomic E-state index is 12.3. The summed E-state index contributed by atoms with van der Waals surface area (Å²) in [4.78, 5) is 37.6. The molecule has 2 aromatic rings. The van der Waals surface area contributed by atoms with E-state index in [1.54, 1.807) is 25.1 Å². The number of hydrogen-bond acceptors (Lipinski definition) is 6. The third-order valence-electron chi connectivity index (χ3n) is 4.04. The highest BCUT2D eigenvalue weighted by atomic mass is 32.2. The van der Waals surface area contributed by atoms with E-state index in [0.717, 1.165) is 4.90 Å². The third-order valence-corrected chi connectivity index (χ3v) is 5.05. The first-order chi connectivity index (χ1) is 13.4. The van der Waals surface area contributed by atoms with Crippen molar-refractivity contribution in [2.45, 2.75) is 24.3 Å². The SMILES string of the molecule is CCOC(=O)[C@@]1(C)Oc2cc(NC(=O)CSc3ccccc3)ccc2NC1=O. The maximum Gasteiger partial charge on any atom is 0.360 e. The lowest BCUT2D eigenvalue weighted by atomic mass is 10.0. The predicted octanol–water partition coefficient (Wildman–Crippen LogP) is 3.07. The van der Waals surface area contributed by atoms with Gasteiger partial charge in [-0.3, -0.25) is 9.59 Å². The lowest BCUT2D eigenvalue weighted by Gasteiger charge is -2.32. The van der Waals surface area contributed by atoms with Gasteiger partial charge in [0.15, 0.2) is 0 Å². The van der Waals surface area contributed by atoms with Gasteiger partial charge < -0.3 is 20.1 Å². The van der Waals surface area contributed by atoms with Crippen LogP contribution < -0.4 is 15.4 Å². The summed E-state index contributed by atoms with van der Waals surface area (Å²) in [6, 6.07) is 14.4. The normalized spacial score (nSPS) is 17.7. The molecule has 0 bridgehead atoms. The molecule has 0 aliphatic carbocycles. The minimum atomic E-state index is -1.78. The van der Waals surface area contributed by atoms with Crippen molar-refractivity contribution in [3.8, 4) is 5.75 Å². The van der Waals surface area contributed by atoms with Crippen LogP contribution in [0, 0.1) is 0 Å². The van der Waals surface area contributed by atoms with Gasteiger partial charge in [0.2, 0.25) is 5.91 Å². The zero-order chi connectivity index (χ0) is 20.1. The summed E-state index contributed by atoms with van der Waals surface area (Å²) in [6.45, 7) is 3.13. The van der Waals surface area contributed by atoms with Crippen LogP contribution in [-0.4, -0.2) is 35.7 Å². The summed E-state index contributed by atoms with van der Waals surface area (Å²) in [6.07, 6.45) is 0. The quantitative estimate of drug-likeness (QED) is 0.440. The van der Waals surface area contributed by atoms with E-state index in [1.807, 2.05) is 30.3 Å². The molecule has 28 heavy (non-hydrogen) atoms. The highest BCUT2D eigenvalue weighted by Crippen LogP contribution is 2.36. The van der Waals surface area contributed by atoms with Crippen molar-refractivity contribution in [1.82, 2.24) is 0 Å². The second kappa shape index (κ2) is 8.35. The van der Waals surface area contributed by atoms with Crippen LogP contribution in [0.1, 0.15) is 13.8 Å². The fourth-order valence-corrected chi connectivity index (χ4v) is 3.28. The van der Waals surface area contributed by atoms with Crippen LogP contribution in [0.4, 0.5) is 11.4 Å². The largest absolute Gasteiger partial charge is 0.464 e. The van der Waals surface area contributed by atoms with Crippen LogP contribution in [0.3, 0.4) is 0 Å². The van der Waals surface area contributed by atoms with E-state index < -0.39 is 17.5 Å². The summed E-state index contributed by atoms with van der Waals surface area (Å²) < 4.78 is 10.6. The van der Waals surface area contributed by atoms with E-state index >= 15 is 0 Å². The molecule has 1 aliphatic heterocycles. The first kappa shape index (κ1) is 19.8. The van der Waals surface area contributed by atoms with E-state index in [-0.39, 0.29) is 24.0 Å². The molecule has 2 N–H and O–H groups in total. The highest BCUT2D eigenvalue weighted by Gasteiger charge is 2.48. The van der Waals surface area contributed by atoms with E-state index in [9.17, 15) is 14.4 Å². The summed E-state index contributed by atoms with van der Waals surface area (Å²) in [7, 11) is 0. The van der Waals surface area contributed by atoms with Crippen molar-refractivity contribution >= 4 is 40.9 Å². The smallest absolute Gasteiger partial charge is 0.360 e. The first-order valence-electron chi connectivity index (χ1n) is 8.72. The lowest BCUT2D eigenvalue weighted by Crippen LogP contribution is -2.55. The molecule has 2 amide bonds. The summed E-state index contributed by atoms with van der Waals surface area (Å²) in [5.74, 6) is -1.02. The second-order valence-electron chi connectivity index (χ2n) is 6.17. The molecule has 0 saturated carbocycles. The number of anilines is 2. The highest BCUT2D eigenvalue weighted by molar-refractivity contribution is 8.00. The van der Waals surface area contributed by atoms with Crippen LogP contribution in [0.2, 0.25) is 0 Å². The molecule has 146 valence electrons. The number of esters is 1. The summed E-state index contributed by atoms with van der Waals surface area (Å²) in [5, 5.41) is 5.42. The number of nitrogens with one attached hydrogen (secondary N) is 2. The summed E-state index contributed by atoms with van der Waals surface area (Å²) >= 11 is 1.42. The first-order valence-corrected chi connectivity index (χ1v) is 9.70. The van der Waals surface area contributed by atoms with E-state index in [0.29, 0.717) is 11.4 Å². The third kappa shape index (κ3) is 4.28. The number of thioether (sulfide) groups is 1. The van der Waals surface area contributed by atoms with Crippen LogP contribution in [0.15, 0.2) is 53.4 Å². The Balaban J connectivity index is 1.68. The minimum Gasteiger partial charge on any atom is -0.464 e. The zero-order valence-corrected chi connectivity index (χ0v) is 16.3. The molecular formula is C20H20N2O5S.